The highest BCUT2D eigenvalue weighted by atomic mass is 32.1. The molecule has 0 spiro atoms. The molecule has 5 nitrogen and oxygen atoms in total. The number of aromatic nitrogens is 1. The van der Waals surface area contributed by atoms with Crippen LogP contribution < -0.4 is 10.6 Å². The number of hydrogen-bond donors (Lipinski definition) is 2. The molecule has 0 aliphatic heterocycles. The largest absolute Gasteiger partial charge is 0.436 e. The van der Waals surface area contributed by atoms with Crippen LogP contribution in [0.5, 0.6) is 0 Å². The second-order valence-corrected chi connectivity index (χ2v) is 6.71. The number of nitrogens with zero attached hydrogens (tertiary/aromatic N) is 1. The first-order valence-electron chi connectivity index (χ1n) is 8.89. The molecule has 7 heteroatoms. The molecule has 0 fully saturated rings. The molecule has 2 N–H and O–H groups in total. The van der Waals surface area contributed by atoms with Gasteiger partial charge in [-0.15, -0.1) is 0 Å². The van der Waals surface area contributed by atoms with Crippen LogP contribution in [-0.2, 0) is 6.54 Å². The van der Waals surface area contributed by atoms with Crippen molar-refractivity contribution in [1.29, 1.82) is 0 Å². The van der Waals surface area contributed by atoms with Crippen molar-refractivity contribution < 1.29 is 13.6 Å². The molecule has 144 valence electrons. The second kappa shape index (κ2) is 8.20. The first-order chi connectivity index (χ1) is 14.1. The first kappa shape index (κ1) is 18.8. The zero-order chi connectivity index (χ0) is 20.2. The van der Waals surface area contributed by atoms with Crippen LogP contribution in [0.1, 0.15) is 15.9 Å². The molecule has 0 radical (unpaired) electrons. The number of rotatable bonds is 4. The van der Waals surface area contributed by atoms with E-state index < -0.39 is 11.7 Å². The van der Waals surface area contributed by atoms with E-state index in [-0.39, 0.29) is 10.7 Å². The number of oxazole rings is 1. The van der Waals surface area contributed by atoms with Crippen LogP contribution in [0.3, 0.4) is 0 Å². The van der Waals surface area contributed by atoms with E-state index >= 15 is 0 Å². The van der Waals surface area contributed by atoms with Gasteiger partial charge in [0.1, 0.15) is 11.3 Å². The van der Waals surface area contributed by atoms with Gasteiger partial charge in [-0.05, 0) is 54.2 Å². The normalized spacial score (nSPS) is 10.7. The molecule has 0 aliphatic rings. The quantitative estimate of drug-likeness (QED) is 0.492. The Hall–Kier alpha value is -3.58. The number of benzene rings is 3. The number of para-hydroxylation sites is 2. The van der Waals surface area contributed by atoms with E-state index in [1.54, 1.807) is 6.07 Å². The summed E-state index contributed by atoms with van der Waals surface area (Å²) in [6.45, 7) is 0.407. The van der Waals surface area contributed by atoms with E-state index in [9.17, 15) is 9.18 Å². The highest BCUT2D eigenvalue weighted by Crippen LogP contribution is 2.24. The molecule has 1 amide bonds. The number of carbonyl (C=O) groups excluding carboxylic acids is 1. The monoisotopic (exact) mass is 405 g/mol. The number of halogens is 1. The fourth-order valence-corrected chi connectivity index (χ4v) is 2.97. The summed E-state index contributed by atoms with van der Waals surface area (Å²) < 4.78 is 19.4. The molecular formula is C22H16FN3O2S. The van der Waals surface area contributed by atoms with Gasteiger partial charge in [-0.25, -0.2) is 9.37 Å². The van der Waals surface area contributed by atoms with E-state index in [2.05, 4.69) is 15.6 Å². The van der Waals surface area contributed by atoms with Crippen LogP contribution in [0.15, 0.2) is 77.2 Å². The Morgan fingerprint density at radius 2 is 1.72 bits per heavy atom. The van der Waals surface area contributed by atoms with Gasteiger partial charge in [0, 0.05) is 12.1 Å². The van der Waals surface area contributed by atoms with Crippen molar-refractivity contribution in [3.05, 3.63) is 89.7 Å². The number of nitrogens with one attached hydrogen (secondary N) is 2. The molecule has 0 aliphatic carbocycles. The van der Waals surface area contributed by atoms with Crippen LogP contribution in [-0.4, -0.2) is 16.0 Å². The number of thiocarbonyl (C=S) groups is 1. The van der Waals surface area contributed by atoms with Gasteiger partial charge in [-0.1, -0.05) is 36.4 Å². The van der Waals surface area contributed by atoms with Gasteiger partial charge in [0.15, 0.2) is 10.7 Å². The zero-order valence-corrected chi connectivity index (χ0v) is 16.0. The average molecular weight is 405 g/mol. The zero-order valence-electron chi connectivity index (χ0n) is 15.2. The average Bonchev–Trinajstić information content (AvgIpc) is 3.17. The van der Waals surface area contributed by atoms with Crippen molar-refractivity contribution in [2.45, 2.75) is 6.54 Å². The van der Waals surface area contributed by atoms with Crippen molar-refractivity contribution in [3.63, 3.8) is 0 Å². The third-order valence-electron chi connectivity index (χ3n) is 4.29. The molecule has 0 saturated carbocycles. The maximum atomic E-state index is 13.6. The van der Waals surface area contributed by atoms with Crippen LogP contribution in [0.25, 0.3) is 22.6 Å². The lowest BCUT2D eigenvalue weighted by molar-refractivity contribution is 0.0972. The Morgan fingerprint density at radius 3 is 2.48 bits per heavy atom. The fourth-order valence-electron chi connectivity index (χ4n) is 2.80. The molecule has 1 aromatic heterocycles. The van der Waals surface area contributed by atoms with Crippen molar-refractivity contribution >= 4 is 34.3 Å². The van der Waals surface area contributed by atoms with E-state index in [0.29, 0.717) is 12.4 Å². The predicted molar refractivity (Wildman–Crippen MR) is 113 cm³/mol. The maximum absolute atomic E-state index is 13.6. The Morgan fingerprint density at radius 1 is 1.00 bits per heavy atom. The Kier molecular flexibility index (Phi) is 5.31. The number of fused-ring (bicyclic) bond motifs is 1. The predicted octanol–water partition coefficient (Wildman–Crippen LogP) is 4.44. The van der Waals surface area contributed by atoms with Crippen molar-refractivity contribution in [2.75, 3.05) is 0 Å². The maximum Gasteiger partial charge on any atom is 0.260 e. The van der Waals surface area contributed by atoms with Crippen molar-refractivity contribution in [1.82, 2.24) is 15.6 Å². The highest BCUT2D eigenvalue weighted by Gasteiger charge is 2.12. The third-order valence-corrected chi connectivity index (χ3v) is 4.54. The van der Waals surface area contributed by atoms with E-state index in [0.717, 1.165) is 22.2 Å². The lowest BCUT2D eigenvalue weighted by atomic mass is 10.1. The standard InChI is InChI=1S/C22H16FN3O2S/c23-17-6-2-1-5-16(17)20(27)26-22(29)24-13-14-9-11-15(12-10-14)21-25-18-7-3-4-8-19(18)28-21/h1-12H,13H2,(H2,24,26,27,29). The SMILES string of the molecule is O=C(NC(=S)NCc1ccc(-c2nc3ccccc3o2)cc1)c1ccccc1F. The number of amides is 1. The summed E-state index contributed by atoms with van der Waals surface area (Å²) in [5.74, 6) is -0.632. The van der Waals surface area contributed by atoms with E-state index in [4.69, 9.17) is 16.6 Å². The molecule has 3 aromatic carbocycles. The summed E-state index contributed by atoms with van der Waals surface area (Å²) in [5, 5.41) is 5.54. The number of carbonyl (C=O) groups is 1. The fraction of sp³-hybridized carbons (Fsp3) is 0.0455. The summed E-state index contributed by atoms with van der Waals surface area (Å²) in [6.07, 6.45) is 0. The van der Waals surface area contributed by atoms with Gasteiger partial charge in [-0.2, -0.15) is 0 Å². The van der Waals surface area contributed by atoms with Crippen LogP contribution in [0, 0.1) is 5.82 Å². The van der Waals surface area contributed by atoms with Crippen molar-refractivity contribution in [3.8, 4) is 11.5 Å². The van der Waals surface area contributed by atoms with Gasteiger partial charge >= 0.3 is 0 Å². The van der Waals surface area contributed by atoms with Gasteiger partial charge in [0.25, 0.3) is 5.91 Å². The Balaban J connectivity index is 1.36. The summed E-state index contributed by atoms with van der Waals surface area (Å²) >= 11 is 5.12. The van der Waals surface area contributed by atoms with Gasteiger partial charge in [0.2, 0.25) is 5.89 Å². The van der Waals surface area contributed by atoms with Gasteiger partial charge < -0.3 is 9.73 Å². The summed E-state index contributed by atoms with van der Waals surface area (Å²) in [6, 6.07) is 21.0. The molecule has 29 heavy (non-hydrogen) atoms. The van der Waals surface area contributed by atoms with E-state index in [1.807, 2.05) is 48.5 Å². The highest BCUT2D eigenvalue weighted by molar-refractivity contribution is 7.80. The molecule has 4 aromatic rings. The van der Waals surface area contributed by atoms with Gasteiger partial charge in [-0.3, -0.25) is 10.1 Å². The van der Waals surface area contributed by atoms with Crippen LogP contribution in [0.2, 0.25) is 0 Å². The first-order valence-corrected chi connectivity index (χ1v) is 9.29. The molecule has 0 atom stereocenters. The molecule has 1 heterocycles. The number of hydrogen-bond acceptors (Lipinski definition) is 4. The molecule has 0 bridgehead atoms. The van der Waals surface area contributed by atoms with Crippen LogP contribution >= 0.6 is 12.2 Å². The minimum Gasteiger partial charge on any atom is -0.436 e. The molecule has 4 rings (SSSR count). The van der Waals surface area contributed by atoms with Crippen molar-refractivity contribution in [2.24, 2.45) is 0 Å². The molecule has 0 unspecified atom stereocenters. The lowest BCUT2D eigenvalue weighted by Gasteiger charge is -2.10. The molecular weight excluding hydrogens is 389 g/mol. The minimum atomic E-state index is -0.595. The Bertz CT molecular complexity index is 1160. The Labute approximate surface area is 171 Å². The lowest BCUT2D eigenvalue weighted by Crippen LogP contribution is -2.39. The third kappa shape index (κ3) is 4.30. The topological polar surface area (TPSA) is 67.2 Å². The summed E-state index contributed by atoms with van der Waals surface area (Å²) in [4.78, 5) is 16.5. The second-order valence-electron chi connectivity index (χ2n) is 6.30. The van der Waals surface area contributed by atoms with E-state index in [1.165, 1.54) is 18.2 Å². The summed E-state index contributed by atoms with van der Waals surface area (Å²) in [5.41, 5.74) is 3.31. The summed E-state index contributed by atoms with van der Waals surface area (Å²) in [7, 11) is 0. The van der Waals surface area contributed by atoms with Gasteiger partial charge in [0.05, 0.1) is 5.56 Å². The molecule has 0 saturated heterocycles. The van der Waals surface area contributed by atoms with Crippen LogP contribution in [0.4, 0.5) is 4.39 Å². The minimum absolute atomic E-state index is 0.0562. The smallest absolute Gasteiger partial charge is 0.260 e.